The van der Waals surface area contributed by atoms with Crippen LogP contribution in [0.1, 0.15) is 54.1 Å². The molecular formula is C21H27N3O. The third kappa shape index (κ3) is 3.48. The quantitative estimate of drug-likeness (QED) is 0.877. The lowest BCUT2D eigenvalue weighted by Crippen LogP contribution is -2.33. The molecule has 4 nitrogen and oxygen atoms in total. The normalized spacial score (nSPS) is 20.3. The molecule has 25 heavy (non-hydrogen) atoms. The van der Waals surface area contributed by atoms with Crippen molar-refractivity contribution in [2.75, 3.05) is 6.54 Å². The molecule has 2 aliphatic rings. The topological polar surface area (TPSA) is 46.9 Å². The van der Waals surface area contributed by atoms with Crippen molar-refractivity contribution in [2.24, 2.45) is 5.41 Å². The van der Waals surface area contributed by atoms with E-state index in [4.69, 9.17) is 0 Å². The first-order valence-electron chi connectivity index (χ1n) is 9.40. The first-order valence-corrected chi connectivity index (χ1v) is 9.40. The van der Waals surface area contributed by atoms with E-state index in [9.17, 15) is 4.79 Å². The Morgan fingerprint density at radius 3 is 2.84 bits per heavy atom. The summed E-state index contributed by atoms with van der Waals surface area (Å²) in [6.07, 6.45) is 5.18. The molecule has 0 spiro atoms. The van der Waals surface area contributed by atoms with Gasteiger partial charge in [-0.2, -0.15) is 5.10 Å². The lowest BCUT2D eigenvalue weighted by molar-refractivity contribution is -0.121. The third-order valence-electron chi connectivity index (χ3n) is 5.90. The van der Waals surface area contributed by atoms with Crippen LogP contribution in [0.5, 0.6) is 0 Å². The maximum atomic E-state index is 12.5. The average Bonchev–Trinajstić information content (AvgIpc) is 3.13. The van der Waals surface area contributed by atoms with Gasteiger partial charge in [-0.1, -0.05) is 24.3 Å². The molecule has 4 rings (SSSR count). The molecule has 1 unspecified atom stereocenters. The number of nitrogens with zero attached hydrogens (tertiary/aromatic N) is 2. The number of aryl methyl sites for hydroxylation is 3. The molecule has 4 heteroatoms. The fourth-order valence-electron chi connectivity index (χ4n) is 4.16. The van der Waals surface area contributed by atoms with E-state index in [-0.39, 0.29) is 11.3 Å². The highest BCUT2D eigenvalue weighted by Crippen LogP contribution is 2.46. The Balaban J connectivity index is 1.31. The lowest BCUT2D eigenvalue weighted by atomic mass is 9.97. The number of aromatic nitrogens is 2. The molecule has 0 radical (unpaired) electrons. The van der Waals surface area contributed by atoms with E-state index < -0.39 is 0 Å². The molecule has 132 valence electrons. The SMILES string of the molecule is Cc1cc(C)n(CC2(CNC(=O)CC3CCc4ccccc43)CC2)n1. The number of hydrogen-bond acceptors (Lipinski definition) is 2. The number of carbonyl (C=O) groups is 1. The fraction of sp³-hybridized carbons (Fsp3) is 0.524. The standard InChI is InChI=1S/C21H27N3O/c1-15-11-16(2)24(23-15)14-21(9-10-21)13-22-20(25)12-18-8-7-17-5-3-4-6-19(17)18/h3-6,11,18H,7-10,12-14H2,1-2H3,(H,22,25). The summed E-state index contributed by atoms with van der Waals surface area (Å²) in [7, 11) is 0. The molecule has 1 aromatic heterocycles. The van der Waals surface area contributed by atoms with Crippen LogP contribution >= 0.6 is 0 Å². The summed E-state index contributed by atoms with van der Waals surface area (Å²) in [4.78, 5) is 12.5. The Morgan fingerprint density at radius 1 is 1.32 bits per heavy atom. The van der Waals surface area contributed by atoms with Gasteiger partial charge < -0.3 is 5.32 Å². The van der Waals surface area contributed by atoms with E-state index in [1.54, 1.807) is 0 Å². The minimum absolute atomic E-state index is 0.196. The number of benzene rings is 1. The number of amides is 1. The van der Waals surface area contributed by atoms with Crippen molar-refractivity contribution in [3.63, 3.8) is 0 Å². The summed E-state index contributed by atoms with van der Waals surface area (Å²) in [5, 5.41) is 7.78. The Bertz CT molecular complexity index is 788. The zero-order valence-electron chi connectivity index (χ0n) is 15.2. The van der Waals surface area contributed by atoms with Gasteiger partial charge in [-0.15, -0.1) is 0 Å². The van der Waals surface area contributed by atoms with Gasteiger partial charge in [0.15, 0.2) is 0 Å². The van der Waals surface area contributed by atoms with Crippen molar-refractivity contribution in [2.45, 2.75) is 58.4 Å². The second-order valence-electron chi connectivity index (χ2n) is 8.00. The van der Waals surface area contributed by atoms with Gasteiger partial charge in [-0.25, -0.2) is 0 Å². The van der Waals surface area contributed by atoms with Crippen molar-refractivity contribution in [3.05, 3.63) is 52.8 Å². The summed E-state index contributed by atoms with van der Waals surface area (Å²) >= 11 is 0. The maximum absolute atomic E-state index is 12.5. The van der Waals surface area contributed by atoms with Crippen molar-refractivity contribution in [3.8, 4) is 0 Å². The number of carbonyl (C=O) groups excluding carboxylic acids is 1. The van der Waals surface area contributed by atoms with Crippen molar-refractivity contribution >= 4 is 5.91 Å². The second kappa shape index (κ2) is 6.32. The Morgan fingerprint density at radius 2 is 2.12 bits per heavy atom. The van der Waals surface area contributed by atoms with Crippen LogP contribution in [0.2, 0.25) is 0 Å². The highest BCUT2D eigenvalue weighted by Gasteiger charge is 2.43. The largest absolute Gasteiger partial charge is 0.355 e. The zero-order chi connectivity index (χ0) is 17.4. The number of hydrogen-bond donors (Lipinski definition) is 1. The third-order valence-corrected chi connectivity index (χ3v) is 5.90. The van der Waals surface area contributed by atoms with Crippen LogP contribution in [-0.2, 0) is 17.8 Å². The molecule has 1 aromatic carbocycles. The first kappa shape index (κ1) is 16.4. The monoisotopic (exact) mass is 337 g/mol. The van der Waals surface area contributed by atoms with Gasteiger partial charge in [0, 0.05) is 30.6 Å². The number of fused-ring (bicyclic) bond motifs is 1. The molecule has 1 atom stereocenters. The Hall–Kier alpha value is -2.10. The summed E-state index contributed by atoms with van der Waals surface area (Å²) < 4.78 is 2.10. The van der Waals surface area contributed by atoms with E-state index >= 15 is 0 Å². The predicted octanol–water partition coefficient (Wildman–Crippen LogP) is 3.52. The molecule has 1 N–H and O–H groups in total. The molecule has 1 amide bonds. The first-order chi connectivity index (χ1) is 12.0. The van der Waals surface area contributed by atoms with Gasteiger partial charge in [-0.3, -0.25) is 9.48 Å². The smallest absolute Gasteiger partial charge is 0.220 e. The molecular weight excluding hydrogens is 310 g/mol. The van der Waals surface area contributed by atoms with Gasteiger partial charge in [0.25, 0.3) is 0 Å². The van der Waals surface area contributed by atoms with Gasteiger partial charge in [0.05, 0.1) is 5.69 Å². The summed E-state index contributed by atoms with van der Waals surface area (Å²) in [6.45, 7) is 5.83. The molecule has 1 saturated carbocycles. The van der Waals surface area contributed by atoms with Gasteiger partial charge in [0.2, 0.25) is 5.91 Å². The highest BCUT2D eigenvalue weighted by atomic mass is 16.1. The lowest BCUT2D eigenvalue weighted by Gasteiger charge is -2.18. The molecule has 1 fully saturated rings. The molecule has 0 aliphatic heterocycles. The van der Waals surface area contributed by atoms with E-state index in [2.05, 4.69) is 52.4 Å². The summed E-state index contributed by atoms with van der Waals surface area (Å²) in [5.41, 5.74) is 5.28. The number of rotatable bonds is 6. The number of nitrogens with one attached hydrogen (secondary N) is 1. The average molecular weight is 337 g/mol. The van der Waals surface area contributed by atoms with Crippen molar-refractivity contribution in [1.82, 2.24) is 15.1 Å². The minimum atomic E-state index is 0.196. The van der Waals surface area contributed by atoms with E-state index in [1.165, 1.54) is 29.7 Å². The van der Waals surface area contributed by atoms with Crippen LogP contribution in [0.25, 0.3) is 0 Å². The van der Waals surface area contributed by atoms with Gasteiger partial charge in [0.1, 0.15) is 0 Å². The molecule has 2 aromatic rings. The second-order valence-corrected chi connectivity index (χ2v) is 8.00. The van der Waals surface area contributed by atoms with Crippen LogP contribution in [0.3, 0.4) is 0 Å². The van der Waals surface area contributed by atoms with Gasteiger partial charge >= 0.3 is 0 Å². The predicted molar refractivity (Wildman–Crippen MR) is 98.5 cm³/mol. The zero-order valence-corrected chi connectivity index (χ0v) is 15.2. The maximum Gasteiger partial charge on any atom is 0.220 e. The van der Waals surface area contributed by atoms with Crippen molar-refractivity contribution in [1.29, 1.82) is 0 Å². The minimum Gasteiger partial charge on any atom is -0.355 e. The van der Waals surface area contributed by atoms with Crippen molar-refractivity contribution < 1.29 is 4.79 Å². The van der Waals surface area contributed by atoms with Crippen LogP contribution in [0.4, 0.5) is 0 Å². The summed E-state index contributed by atoms with van der Waals surface area (Å²) in [5.74, 6) is 0.587. The molecule has 0 saturated heterocycles. The highest BCUT2D eigenvalue weighted by molar-refractivity contribution is 5.77. The van der Waals surface area contributed by atoms with Crippen LogP contribution in [-0.4, -0.2) is 22.2 Å². The van der Waals surface area contributed by atoms with E-state index in [0.717, 1.165) is 31.6 Å². The van der Waals surface area contributed by atoms with Crippen LogP contribution < -0.4 is 5.32 Å². The van der Waals surface area contributed by atoms with Crippen LogP contribution in [0.15, 0.2) is 30.3 Å². The Labute approximate surface area is 149 Å². The molecule has 0 bridgehead atoms. The van der Waals surface area contributed by atoms with E-state index in [0.29, 0.717) is 12.3 Å². The fourth-order valence-corrected chi connectivity index (χ4v) is 4.16. The molecule has 2 aliphatic carbocycles. The van der Waals surface area contributed by atoms with Crippen LogP contribution in [0, 0.1) is 19.3 Å². The summed E-state index contributed by atoms with van der Waals surface area (Å²) in [6, 6.07) is 10.7. The Kier molecular flexibility index (Phi) is 4.14. The molecule has 1 heterocycles. The van der Waals surface area contributed by atoms with E-state index in [1.807, 2.05) is 6.92 Å². The van der Waals surface area contributed by atoms with Gasteiger partial charge in [-0.05, 0) is 62.6 Å².